The van der Waals surface area contributed by atoms with Gasteiger partial charge in [0.15, 0.2) is 0 Å². The van der Waals surface area contributed by atoms with Gasteiger partial charge in [-0.05, 0) is 32.1 Å². The lowest BCUT2D eigenvalue weighted by molar-refractivity contribution is 0.536. The highest BCUT2D eigenvalue weighted by atomic mass is 14.2. The van der Waals surface area contributed by atoms with Crippen LogP contribution in [0, 0.1) is 11.3 Å². The second-order valence-corrected chi connectivity index (χ2v) is 7.61. The summed E-state index contributed by atoms with van der Waals surface area (Å²) in [7, 11) is 0. The standard InChI is InChI=1S/C24H45N/c1-2-3-4-5-6-7-8-9-10-11-12-13-14-15-16-17-18-19-20-21-22-23-24-25/h17-18H,2-16,19-23H2,1H3. The van der Waals surface area contributed by atoms with Crippen molar-refractivity contribution in [3.8, 4) is 6.07 Å². The monoisotopic (exact) mass is 347 g/mol. The molecule has 146 valence electrons. The van der Waals surface area contributed by atoms with Crippen molar-refractivity contribution in [1.82, 2.24) is 0 Å². The quantitative estimate of drug-likeness (QED) is 0.159. The van der Waals surface area contributed by atoms with Gasteiger partial charge < -0.3 is 0 Å². The van der Waals surface area contributed by atoms with Crippen LogP contribution < -0.4 is 0 Å². The number of nitrogens with zero attached hydrogens (tertiary/aromatic N) is 1. The van der Waals surface area contributed by atoms with E-state index in [2.05, 4.69) is 25.1 Å². The average molecular weight is 348 g/mol. The van der Waals surface area contributed by atoms with E-state index in [1.54, 1.807) is 0 Å². The number of nitriles is 1. The van der Waals surface area contributed by atoms with E-state index in [0.717, 1.165) is 12.8 Å². The molecule has 0 aliphatic rings. The Labute approximate surface area is 159 Å². The lowest BCUT2D eigenvalue weighted by Crippen LogP contribution is -1.83. The molecule has 0 radical (unpaired) electrons. The molecule has 0 bridgehead atoms. The van der Waals surface area contributed by atoms with Crippen LogP contribution in [0.15, 0.2) is 12.2 Å². The first kappa shape index (κ1) is 24.2. The molecule has 0 aromatic carbocycles. The Morgan fingerprint density at radius 3 is 1.28 bits per heavy atom. The molecule has 1 nitrogen and oxygen atoms in total. The van der Waals surface area contributed by atoms with Crippen molar-refractivity contribution in [1.29, 1.82) is 5.26 Å². The number of rotatable bonds is 20. The third kappa shape index (κ3) is 23.2. The summed E-state index contributed by atoms with van der Waals surface area (Å²) in [6.45, 7) is 2.29. The molecule has 0 fully saturated rings. The zero-order valence-corrected chi connectivity index (χ0v) is 17.2. The molecule has 0 aliphatic carbocycles. The van der Waals surface area contributed by atoms with Gasteiger partial charge in [0.25, 0.3) is 0 Å². The molecular formula is C24H45N. The molecule has 0 aliphatic heterocycles. The van der Waals surface area contributed by atoms with Crippen LogP contribution in [0.1, 0.15) is 135 Å². The minimum atomic E-state index is 0.725. The van der Waals surface area contributed by atoms with Crippen molar-refractivity contribution in [3.63, 3.8) is 0 Å². The fourth-order valence-corrected chi connectivity index (χ4v) is 3.34. The molecule has 0 heterocycles. The zero-order valence-electron chi connectivity index (χ0n) is 17.2. The summed E-state index contributed by atoms with van der Waals surface area (Å²) in [5.74, 6) is 0. The van der Waals surface area contributed by atoms with Crippen LogP contribution in [0.25, 0.3) is 0 Å². The molecule has 0 spiro atoms. The Kier molecular flexibility index (Phi) is 22.5. The van der Waals surface area contributed by atoms with Crippen molar-refractivity contribution in [2.24, 2.45) is 0 Å². The van der Waals surface area contributed by atoms with Crippen molar-refractivity contribution in [3.05, 3.63) is 12.2 Å². The smallest absolute Gasteiger partial charge is 0.0621 e. The predicted octanol–water partition coefficient (Wildman–Crippen LogP) is 8.89. The summed E-state index contributed by atoms with van der Waals surface area (Å²) in [5.41, 5.74) is 0. The Morgan fingerprint density at radius 2 is 0.880 bits per heavy atom. The molecule has 0 saturated carbocycles. The Hall–Kier alpha value is -0.770. The van der Waals surface area contributed by atoms with Crippen molar-refractivity contribution in [2.45, 2.75) is 135 Å². The van der Waals surface area contributed by atoms with E-state index in [9.17, 15) is 0 Å². The van der Waals surface area contributed by atoms with Crippen LogP contribution >= 0.6 is 0 Å². The summed E-state index contributed by atoms with van der Waals surface area (Å²) in [6.07, 6.45) is 31.5. The second-order valence-electron chi connectivity index (χ2n) is 7.61. The highest BCUT2D eigenvalue weighted by molar-refractivity contribution is 4.81. The molecular weight excluding hydrogens is 302 g/mol. The van der Waals surface area contributed by atoms with E-state index >= 15 is 0 Å². The second kappa shape index (κ2) is 23.2. The fraction of sp³-hybridized carbons (Fsp3) is 0.875. The molecule has 0 atom stereocenters. The first-order valence-corrected chi connectivity index (χ1v) is 11.4. The van der Waals surface area contributed by atoms with Crippen LogP contribution in [0.2, 0.25) is 0 Å². The number of unbranched alkanes of at least 4 members (excludes halogenated alkanes) is 18. The minimum absolute atomic E-state index is 0.725. The van der Waals surface area contributed by atoms with Crippen molar-refractivity contribution < 1.29 is 0 Å². The van der Waals surface area contributed by atoms with Gasteiger partial charge in [0, 0.05) is 6.42 Å². The maximum Gasteiger partial charge on any atom is 0.0621 e. The zero-order chi connectivity index (χ0) is 18.3. The van der Waals surface area contributed by atoms with E-state index in [-0.39, 0.29) is 0 Å². The van der Waals surface area contributed by atoms with Gasteiger partial charge in [0.1, 0.15) is 0 Å². The van der Waals surface area contributed by atoms with Gasteiger partial charge in [0.05, 0.1) is 6.07 Å². The van der Waals surface area contributed by atoms with Crippen molar-refractivity contribution in [2.75, 3.05) is 0 Å². The molecule has 0 aromatic heterocycles. The van der Waals surface area contributed by atoms with Gasteiger partial charge >= 0.3 is 0 Å². The lowest BCUT2D eigenvalue weighted by atomic mass is 10.0. The summed E-state index contributed by atoms with van der Waals surface area (Å²) >= 11 is 0. The molecule has 0 unspecified atom stereocenters. The van der Waals surface area contributed by atoms with Crippen LogP contribution in [0.5, 0.6) is 0 Å². The van der Waals surface area contributed by atoms with Gasteiger partial charge in [-0.3, -0.25) is 0 Å². The number of allylic oxidation sites excluding steroid dienone is 2. The summed E-state index contributed by atoms with van der Waals surface area (Å²) < 4.78 is 0. The van der Waals surface area contributed by atoms with Gasteiger partial charge in [-0.15, -0.1) is 0 Å². The van der Waals surface area contributed by atoms with Crippen LogP contribution in [-0.2, 0) is 0 Å². The maximum absolute atomic E-state index is 8.46. The van der Waals surface area contributed by atoms with Gasteiger partial charge in [-0.2, -0.15) is 5.26 Å². The van der Waals surface area contributed by atoms with Gasteiger partial charge in [-0.1, -0.05) is 109 Å². The highest BCUT2D eigenvalue weighted by Gasteiger charge is 1.93. The van der Waals surface area contributed by atoms with E-state index in [1.165, 1.54) is 116 Å². The fourth-order valence-electron chi connectivity index (χ4n) is 3.34. The van der Waals surface area contributed by atoms with Crippen LogP contribution in [0.3, 0.4) is 0 Å². The molecule has 0 N–H and O–H groups in total. The topological polar surface area (TPSA) is 23.8 Å². The number of hydrogen-bond acceptors (Lipinski definition) is 1. The van der Waals surface area contributed by atoms with E-state index in [0.29, 0.717) is 0 Å². The summed E-state index contributed by atoms with van der Waals surface area (Å²) in [6, 6.07) is 2.21. The van der Waals surface area contributed by atoms with E-state index in [1.807, 2.05) is 0 Å². The molecule has 25 heavy (non-hydrogen) atoms. The van der Waals surface area contributed by atoms with Crippen molar-refractivity contribution >= 4 is 0 Å². The van der Waals surface area contributed by atoms with E-state index < -0.39 is 0 Å². The van der Waals surface area contributed by atoms with E-state index in [4.69, 9.17) is 5.26 Å². The third-order valence-corrected chi connectivity index (χ3v) is 5.05. The molecule has 0 rings (SSSR count). The van der Waals surface area contributed by atoms with Gasteiger partial charge in [0.2, 0.25) is 0 Å². The van der Waals surface area contributed by atoms with Gasteiger partial charge in [-0.25, -0.2) is 0 Å². The summed E-state index contributed by atoms with van der Waals surface area (Å²) in [5, 5.41) is 8.46. The molecule has 0 amide bonds. The normalized spacial score (nSPS) is 11.2. The third-order valence-electron chi connectivity index (χ3n) is 5.05. The molecule has 0 aromatic rings. The Balaban J connectivity index is 3.03. The first-order chi connectivity index (χ1) is 12.4. The van der Waals surface area contributed by atoms with Crippen LogP contribution in [-0.4, -0.2) is 0 Å². The largest absolute Gasteiger partial charge is 0.198 e. The maximum atomic E-state index is 8.46. The predicted molar refractivity (Wildman–Crippen MR) is 113 cm³/mol. The highest BCUT2D eigenvalue weighted by Crippen LogP contribution is 2.13. The minimum Gasteiger partial charge on any atom is -0.198 e. The van der Waals surface area contributed by atoms with Crippen LogP contribution in [0.4, 0.5) is 0 Å². The Bertz CT molecular complexity index is 300. The lowest BCUT2D eigenvalue weighted by Gasteiger charge is -2.02. The summed E-state index contributed by atoms with van der Waals surface area (Å²) in [4.78, 5) is 0. The Morgan fingerprint density at radius 1 is 0.520 bits per heavy atom. The molecule has 0 saturated heterocycles. The number of hydrogen-bond donors (Lipinski definition) is 0. The average Bonchev–Trinajstić information content (AvgIpc) is 2.63. The molecule has 1 heteroatoms. The SMILES string of the molecule is CCCCCCCCCCCCCCCCC=CCCCCCC#N. The first-order valence-electron chi connectivity index (χ1n) is 11.4.